The fourth-order valence-corrected chi connectivity index (χ4v) is 4.20. The summed E-state index contributed by atoms with van der Waals surface area (Å²) >= 11 is 0. The molecule has 182 valence electrons. The predicted octanol–water partition coefficient (Wildman–Crippen LogP) is 5.16. The van der Waals surface area contributed by atoms with Gasteiger partial charge in [0, 0.05) is 0 Å². The Balaban J connectivity index is 1.59. The molecule has 1 N–H and O–H groups in total. The zero-order valence-corrected chi connectivity index (χ0v) is 17.8. The highest BCUT2D eigenvalue weighted by Gasteiger charge is 2.38. The number of H-pyrrole nitrogens is 1. The van der Waals surface area contributed by atoms with Gasteiger partial charge in [0.15, 0.2) is 5.82 Å². The van der Waals surface area contributed by atoms with Gasteiger partial charge in [-0.25, -0.2) is 5.10 Å². The number of ether oxygens (including phenoxy) is 1. The van der Waals surface area contributed by atoms with Crippen LogP contribution in [0.3, 0.4) is 0 Å². The van der Waals surface area contributed by atoms with Crippen LogP contribution in [-0.2, 0) is 30.2 Å². The van der Waals surface area contributed by atoms with Crippen LogP contribution in [0.5, 0.6) is 0 Å². The molecule has 2 atom stereocenters. The SMILES string of the molecule is FC(F)(F)c1cc(CO[C@@H]2CCCN(Cc3nnn[nH]3)[C@@H]2c2ccccc2)cc(C(F)(F)F)c1. The highest BCUT2D eigenvalue weighted by molar-refractivity contribution is 5.33. The number of hydrogen-bond donors (Lipinski definition) is 1. The van der Waals surface area contributed by atoms with Gasteiger partial charge in [-0.15, -0.1) is 5.10 Å². The van der Waals surface area contributed by atoms with Gasteiger partial charge in [-0.1, -0.05) is 30.3 Å². The molecular weight excluding hydrogens is 464 g/mol. The van der Waals surface area contributed by atoms with E-state index in [-0.39, 0.29) is 17.7 Å². The maximum Gasteiger partial charge on any atom is 0.416 e. The number of hydrogen-bond acceptors (Lipinski definition) is 5. The Morgan fingerprint density at radius 3 is 2.24 bits per heavy atom. The molecule has 1 fully saturated rings. The van der Waals surface area contributed by atoms with Crippen LogP contribution in [0.15, 0.2) is 48.5 Å². The van der Waals surface area contributed by atoms with Crippen molar-refractivity contribution in [3.63, 3.8) is 0 Å². The van der Waals surface area contributed by atoms with Gasteiger partial charge in [0.25, 0.3) is 0 Å². The molecule has 0 spiro atoms. The van der Waals surface area contributed by atoms with Crippen LogP contribution in [-0.4, -0.2) is 38.2 Å². The lowest BCUT2D eigenvalue weighted by molar-refractivity contribution is -0.143. The summed E-state index contributed by atoms with van der Waals surface area (Å²) in [7, 11) is 0. The molecule has 1 saturated heterocycles. The molecule has 1 aliphatic heterocycles. The molecule has 34 heavy (non-hydrogen) atoms. The van der Waals surface area contributed by atoms with E-state index in [4.69, 9.17) is 4.74 Å². The number of rotatable bonds is 6. The van der Waals surface area contributed by atoms with Crippen molar-refractivity contribution < 1.29 is 31.1 Å². The number of halogens is 6. The van der Waals surface area contributed by atoms with Crippen LogP contribution in [0.1, 0.15) is 47.0 Å². The summed E-state index contributed by atoms with van der Waals surface area (Å²) in [6.07, 6.45) is -8.96. The van der Waals surface area contributed by atoms with Crippen molar-refractivity contribution >= 4 is 0 Å². The summed E-state index contributed by atoms with van der Waals surface area (Å²) in [5.74, 6) is 0.536. The number of alkyl halides is 6. The van der Waals surface area contributed by atoms with Crippen LogP contribution < -0.4 is 0 Å². The number of benzene rings is 2. The number of piperidine rings is 1. The fourth-order valence-electron chi connectivity index (χ4n) is 4.20. The molecule has 0 bridgehead atoms. The molecule has 0 unspecified atom stereocenters. The van der Waals surface area contributed by atoms with Gasteiger partial charge in [-0.2, -0.15) is 26.3 Å². The lowest BCUT2D eigenvalue weighted by Gasteiger charge is -2.41. The summed E-state index contributed by atoms with van der Waals surface area (Å²) in [4.78, 5) is 2.08. The minimum absolute atomic E-state index is 0.115. The van der Waals surface area contributed by atoms with Crippen molar-refractivity contribution in [2.75, 3.05) is 6.54 Å². The second kappa shape index (κ2) is 9.71. The summed E-state index contributed by atoms with van der Waals surface area (Å²) in [5, 5.41) is 13.8. The van der Waals surface area contributed by atoms with E-state index >= 15 is 0 Å². The highest BCUT2D eigenvalue weighted by atomic mass is 19.4. The number of tetrazole rings is 1. The van der Waals surface area contributed by atoms with E-state index in [1.54, 1.807) is 0 Å². The van der Waals surface area contributed by atoms with Crippen molar-refractivity contribution in [1.82, 2.24) is 25.5 Å². The van der Waals surface area contributed by atoms with E-state index in [0.29, 0.717) is 37.5 Å². The molecule has 12 heteroatoms. The zero-order chi connectivity index (χ0) is 24.3. The molecule has 0 radical (unpaired) electrons. The minimum Gasteiger partial charge on any atom is -0.372 e. The first kappa shape index (κ1) is 24.1. The number of nitrogens with zero attached hydrogens (tertiary/aromatic N) is 4. The van der Waals surface area contributed by atoms with E-state index in [1.807, 2.05) is 30.3 Å². The molecule has 0 saturated carbocycles. The minimum atomic E-state index is -4.91. The van der Waals surface area contributed by atoms with Gasteiger partial charge in [-0.3, -0.25) is 4.90 Å². The van der Waals surface area contributed by atoms with E-state index < -0.39 is 36.2 Å². The topological polar surface area (TPSA) is 66.9 Å². The Morgan fingerprint density at radius 1 is 0.971 bits per heavy atom. The summed E-state index contributed by atoms with van der Waals surface area (Å²) in [5.41, 5.74) is -1.99. The number of likely N-dealkylation sites (tertiary alicyclic amines) is 1. The van der Waals surface area contributed by atoms with Crippen molar-refractivity contribution in [3.05, 3.63) is 76.6 Å². The standard InChI is InChI=1S/C22H21F6N5O/c23-21(24,25)16-9-14(10-17(11-16)22(26,27)28)13-34-18-7-4-8-33(12-19-29-31-32-30-19)20(18)15-5-2-1-3-6-15/h1-3,5-6,9-11,18,20H,4,7-8,12-13H2,(H,29,30,31,32)/t18-,20-/m1/s1. The first-order valence-electron chi connectivity index (χ1n) is 10.5. The lowest BCUT2D eigenvalue weighted by Crippen LogP contribution is -2.42. The molecule has 1 aromatic heterocycles. The first-order valence-corrected chi connectivity index (χ1v) is 10.5. The van der Waals surface area contributed by atoms with Crippen molar-refractivity contribution in [2.24, 2.45) is 0 Å². The second-order valence-electron chi connectivity index (χ2n) is 8.08. The van der Waals surface area contributed by atoms with E-state index in [9.17, 15) is 26.3 Å². The van der Waals surface area contributed by atoms with Crippen LogP contribution >= 0.6 is 0 Å². The van der Waals surface area contributed by atoms with Gasteiger partial charge in [-0.05, 0) is 59.1 Å². The second-order valence-corrected chi connectivity index (χ2v) is 8.08. The third-order valence-electron chi connectivity index (χ3n) is 5.67. The summed E-state index contributed by atoms with van der Waals surface area (Å²) in [6.45, 7) is 0.689. The number of aromatic amines is 1. The van der Waals surface area contributed by atoms with Crippen LogP contribution in [0, 0.1) is 0 Å². The molecule has 4 rings (SSSR count). The maximum atomic E-state index is 13.2. The Labute approximate surface area is 190 Å². The monoisotopic (exact) mass is 485 g/mol. The Morgan fingerprint density at radius 2 is 1.65 bits per heavy atom. The number of aromatic nitrogens is 4. The smallest absolute Gasteiger partial charge is 0.372 e. The van der Waals surface area contributed by atoms with Gasteiger partial charge in [0.1, 0.15) is 0 Å². The van der Waals surface area contributed by atoms with Crippen LogP contribution in [0.2, 0.25) is 0 Å². The van der Waals surface area contributed by atoms with Crippen LogP contribution in [0.4, 0.5) is 26.3 Å². The van der Waals surface area contributed by atoms with Crippen molar-refractivity contribution in [2.45, 2.75) is 50.5 Å². The Hall–Kier alpha value is -2.99. The molecule has 1 aliphatic rings. The Bertz CT molecular complexity index is 1040. The van der Waals surface area contributed by atoms with Crippen LogP contribution in [0.25, 0.3) is 0 Å². The molecule has 3 aromatic rings. The molecule has 0 aliphatic carbocycles. The average Bonchev–Trinajstić information content (AvgIpc) is 3.30. The van der Waals surface area contributed by atoms with Gasteiger partial charge >= 0.3 is 12.4 Å². The third kappa shape index (κ3) is 5.73. The molecule has 6 nitrogen and oxygen atoms in total. The van der Waals surface area contributed by atoms with E-state index in [1.165, 1.54) is 0 Å². The fraction of sp³-hybridized carbons (Fsp3) is 0.409. The third-order valence-corrected chi connectivity index (χ3v) is 5.67. The largest absolute Gasteiger partial charge is 0.416 e. The maximum absolute atomic E-state index is 13.2. The Kier molecular flexibility index (Phi) is 6.89. The van der Waals surface area contributed by atoms with Gasteiger partial charge in [0.05, 0.1) is 36.4 Å². The zero-order valence-electron chi connectivity index (χ0n) is 17.8. The quantitative estimate of drug-likeness (QED) is 0.489. The number of nitrogens with one attached hydrogen (secondary N) is 1. The first-order chi connectivity index (χ1) is 16.1. The van der Waals surface area contributed by atoms with Crippen molar-refractivity contribution in [1.29, 1.82) is 0 Å². The summed E-state index contributed by atoms with van der Waals surface area (Å²) in [6, 6.07) is 10.6. The van der Waals surface area contributed by atoms with E-state index in [2.05, 4.69) is 25.5 Å². The molecule has 2 heterocycles. The van der Waals surface area contributed by atoms with Gasteiger partial charge in [0.2, 0.25) is 0 Å². The van der Waals surface area contributed by atoms with E-state index in [0.717, 1.165) is 12.0 Å². The molecule has 2 aromatic carbocycles. The normalized spacial score (nSPS) is 19.9. The molecule has 0 amide bonds. The van der Waals surface area contributed by atoms with Gasteiger partial charge < -0.3 is 4.74 Å². The molecular formula is C22H21F6N5O. The van der Waals surface area contributed by atoms with Crippen molar-refractivity contribution in [3.8, 4) is 0 Å². The highest BCUT2D eigenvalue weighted by Crippen LogP contribution is 2.38. The predicted molar refractivity (Wildman–Crippen MR) is 108 cm³/mol. The summed E-state index contributed by atoms with van der Waals surface area (Å²) < 4.78 is 85.3. The lowest BCUT2D eigenvalue weighted by atomic mass is 9.92. The average molecular weight is 485 g/mol.